The molecular weight excluding hydrogens is 246 g/mol. The molecule has 1 saturated carbocycles. The van der Waals surface area contributed by atoms with E-state index in [1.807, 2.05) is 0 Å². The van der Waals surface area contributed by atoms with Crippen molar-refractivity contribution in [3.05, 3.63) is 16.1 Å². The molecule has 1 aliphatic carbocycles. The minimum Gasteiger partial charge on any atom is -0.375 e. The zero-order chi connectivity index (χ0) is 12.4. The summed E-state index contributed by atoms with van der Waals surface area (Å²) in [5, 5.41) is 3.36. The van der Waals surface area contributed by atoms with Crippen LogP contribution in [-0.2, 0) is 17.7 Å². The van der Waals surface area contributed by atoms with E-state index in [0.29, 0.717) is 18.7 Å². The third-order valence-electron chi connectivity index (χ3n) is 3.92. The van der Waals surface area contributed by atoms with E-state index in [1.165, 1.54) is 30.0 Å². The molecule has 3 rings (SSSR count). The number of fused-ring (bicyclic) bond motifs is 1. The van der Waals surface area contributed by atoms with Crippen LogP contribution in [-0.4, -0.2) is 41.7 Å². The number of hydrogen-bond donors (Lipinski definition) is 1. The maximum absolute atomic E-state index is 5.84. The lowest BCUT2D eigenvalue weighted by Gasteiger charge is -2.37. The summed E-state index contributed by atoms with van der Waals surface area (Å²) in [5.41, 5.74) is 6.77. The molecule has 2 heterocycles. The lowest BCUT2D eigenvalue weighted by Crippen LogP contribution is -2.47. The van der Waals surface area contributed by atoms with Gasteiger partial charge in [-0.25, -0.2) is 4.98 Å². The highest BCUT2D eigenvalue weighted by molar-refractivity contribution is 7.09. The maximum atomic E-state index is 5.84. The van der Waals surface area contributed by atoms with Gasteiger partial charge >= 0.3 is 0 Å². The quantitative estimate of drug-likeness (QED) is 0.896. The monoisotopic (exact) mass is 267 g/mol. The molecule has 1 aliphatic heterocycles. The summed E-state index contributed by atoms with van der Waals surface area (Å²) in [4.78, 5) is 7.22. The van der Waals surface area contributed by atoms with Crippen LogP contribution in [0, 0.1) is 0 Å². The van der Waals surface area contributed by atoms with Crippen LogP contribution in [0.5, 0.6) is 0 Å². The summed E-state index contributed by atoms with van der Waals surface area (Å²) in [7, 11) is 0. The Morgan fingerprint density at radius 3 is 3.33 bits per heavy atom. The molecule has 100 valence electrons. The molecule has 2 fully saturated rings. The summed E-state index contributed by atoms with van der Waals surface area (Å²) in [5.74, 6) is 0. The molecule has 2 aliphatic rings. The summed E-state index contributed by atoms with van der Waals surface area (Å²) < 4.78 is 5.84. The van der Waals surface area contributed by atoms with Gasteiger partial charge in [-0.05, 0) is 25.8 Å². The topological polar surface area (TPSA) is 51.4 Å². The van der Waals surface area contributed by atoms with Crippen LogP contribution in [0.4, 0.5) is 0 Å². The van der Waals surface area contributed by atoms with Gasteiger partial charge in [0.1, 0.15) is 0 Å². The SMILES string of the molecule is NCCc1nc(CN2CCOC3CCCC32)cs1. The van der Waals surface area contributed by atoms with Crippen LogP contribution >= 0.6 is 11.3 Å². The Morgan fingerprint density at radius 2 is 2.44 bits per heavy atom. The van der Waals surface area contributed by atoms with Gasteiger partial charge < -0.3 is 10.5 Å². The van der Waals surface area contributed by atoms with Gasteiger partial charge in [-0.2, -0.15) is 0 Å². The summed E-state index contributed by atoms with van der Waals surface area (Å²) >= 11 is 1.74. The number of hydrogen-bond acceptors (Lipinski definition) is 5. The van der Waals surface area contributed by atoms with E-state index in [1.54, 1.807) is 11.3 Å². The fourth-order valence-corrected chi connectivity index (χ4v) is 3.87. The number of rotatable bonds is 4. The third-order valence-corrected chi connectivity index (χ3v) is 4.88. The van der Waals surface area contributed by atoms with Crippen LogP contribution < -0.4 is 5.73 Å². The van der Waals surface area contributed by atoms with Gasteiger partial charge in [0.15, 0.2) is 0 Å². The van der Waals surface area contributed by atoms with Crippen molar-refractivity contribution in [3.8, 4) is 0 Å². The molecule has 2 N–H and O–H groups in total. The van der Waals surface area contributed by atoms with E-state index in [-0.39, 0.29) is 0 Å². The molecule has 18 heavy (non-hydrogen) atoms. The summed E-state index contributed by atoms with van der Waals surface area (Å²) in [6.45, 7) is 3.59. The fraction of sp³-hybridized carbons (Fsp3) is 0.769. The van der Waals surface area contributed by atoms with E-state index < -0.39 is 0 Å². The van der Waals surface area contributed by atoms with Gasteiger partial charge in [-0.3, -0.25) is 4.90 Å². The highest BCUT2D eigenvalue weighted by Crippen LogP contribution is 2.30. The number of nitrogens with zero attached hydrogens (tertiary/aromatic N) is 2. The standard InChI is InChI=1S/C13H21N3OS/c14-5-4-13-15-10(9-18-13)8-16-6-7-17-12-3-1-2-11(12)16/h9,11-12H,1-8,14H2. The molecule has 0 amide bonds. The second-order valence-corrected chi connectivity index (χ2v) is 6.09. The first-order valence-electron chi connectivity index (χ1n) is 6.86. The average molecular weight is 267 g/mol. The van der Waals surface area contributed by atoms with E-state index in [4.69, 9.17) is 10.5 Å². The van der Waals surface area contributed by atoms with Gasteiger partial charge in [0, 0.05) is 30.9 Å². The second kappa shape index (κ2) is 5.65. The van der Waals surface area contributed by atoms with Gasteiger partial charge in [-0.1, -0.05) is 0 Å². The second-order valence-electron chi connectivity index (χ2n) is 5.15. The van der Waals surface area contributed by atoms with Crippen molar-refractivity contribution in [1.29, 1.82) is 0 Å². The number of aromatic nitrogens is 1. The highest BCUT2D eigenvalue weighted by Gasteiger charge is 2.35. The lowest BCUT2D eigenvalue weighted by atomic mass is 10.1. The molecule has 0 spiro atoms. The number of morpholine rings is 1. The van der Waals surface area contributed by atoms with Crippen molar-refractivity contribution < 1.29 is 4.74 Å². The van der Waals surface area contributed by atoms with Crippen molar-refractivity contribution in [2.24, 2.45) is 5.73 Å². The summed E-state index contributed by atoms with van der Waals surface area (Å²) in [6.07, 6.45) is 5.20. The Bertz CT molecular complexity index is 395. The van der Waals surface area contributed by atoms with Crippen LogP contribution in [0.15, 0.2) is 5.38 Å². The zero-order valence-corrected chi connectivity index (χ0v) is 11.5. The maximum Gasteiger partial charge on any atom is 0.0941 e. The fourth-order valence-electron chi connectivity index (χ4n) is 3.07. The molecule has 0 radical (unpaired) electrons. The molecule has 1 aromatic rings. The van der Waals surface area contributed by atoms with Gasteiger partial charge in [-0.15, -0.1) is 11.3 Å². The van der Waals surface area contributed by atoms with E-state index in [2.05, 4.69) is 15.3 Å². The lowest BCUT2D eigenvalue weighted by molar-refractivity contribution is -0.0591. The van der Waals surface area contributed by atoms with Crippen LogP contribution in [0.2, 0.25) is 0 Å². The molecule has 2 unspecified atom stereocenters. The largest absolute Gasteiger partial charge is 0.375 e. The van der Waals surface area contributed by atoms with Crippen molar-refractivity contribution in [3.63, 3.8) is 0 Å². The van der Waals surface area contributed by atoms with Crippen molar-refractivity contribution in [1.82, 2.24) is 9.88 Å². The van der Waals surface area contributed by atoms with Gasteiger partial charge in [0.05, 0.1) is 23.4 Å². The molecule has 0 aromatic carbocycles. The average Bonchev–Trinajstić information content (AvgIpc) is 2.99. The summed E-state index contributed by atoms with van der Waals surface area (Å²) in [6, 6.07) is 0.624. The Morgan fingerprint density at radius 1 is 1.50 bits per heavy atom. The minimum absolute atomic E-state index is 0.473. The smallest absolute Gasteiger partial charge is 0.0941 e. The van der Waals surface area contributed by atoms with E-state index in [0.717, 1.165) is 26.1 Å². The van der Waals surface area contributed by atoms with E-state index in [9.17, 15) is 0 Å². The molecule has 5 heteroatoms. The molecular formula is C13H21N3OS. The zero-order valence-electron chi connectivity index (χ0n) is 10.7. The Kier molecular flexibility index (Phi) is 3.94. The molecule has 1 saturated heterocycles. The normalized spacial score (nSPS) is 28.5. The first-order chi connectivity index (χ1) is 8.86. The van der Waals surface area contributed by atoms with Crippen molar-refractivity contribution >= 4 is 11.3 Å². The Hall–Kier alpha value is -0.490. The number of thiazole rings is 1. The van der Waals surface area contributed by atoms with Crippen LogP contribution in [0.1, 0.15) is 30.0 Å². The Balaban J connectivity index is 1.63. The van der Waals surface area contributed by atoms with Gasteiger partial charge in [0.25, 0.3) is 0 Å². The van der Waals surface area contributed by atoms with Crippen molar-refractivity contribution in [2.75, 3.05) is 19.7 Å². The first kappa shape index (κ1) is 12.5. The molecule has 2 atom stereocenters. The van der Waals surface area contributed by atoms with E-state index >= 15 is 0 Å². The predicted molar refractivity (Wildman–Crippen MR) is 72.7 cm³/mol. The molecule has 1 aromatic heterocycles. The number of ether oxygens (including phenoxy) is 1. The van der Waals surface area contributed by atoms with Crippen molar-refractivity contribution in [2.45, 2.75) is 44.4 Å². The minimum atomic E-state index is 0.473. The Labute approximate surface area is 112 Å². The van der Waals surface area contributed by atoms with Crippen LogP contribution in [0.25, 0.3) is 0 Å². The molecule has 0 bridgehead atoms. The first-order valence-corrected chi connectivity index (χ1v) is 7.74. The molecule has 4 nitrogen and oxygen atoms in total. The van der Waals surface area contributed by atoms with Gasteiger partial charge in [0.2, 0.25) is 0 Å². The number of nitrogens with two attached hydrogens (primary N) is 1. The highest BCUT2D eigenvalue weighted by atomic mass is 32.1. The third kappa shape index (κ3) is 2.59. The van der Waals surface area contributed by atoms with Crippen LogP contribution in [0.3, 0.4) is 0 Å². The predicted octanol–water partition coefficient (Wildman–Crippen LogP) is 1.40.